The Kier molecular flexibility index (Phi) is 4.92. The molecule has 1 fully saturated rings. The molecular weight excluding hydrogens is 282 g/mol. The van der Waals surface area contributed by atoms with Gasteiger partial charge in [-0.25, -0.2) is 8.42 Å². The van der Waals surface area contributed by atoms with Gasteiger partial charge in [0.25, 0.3) is 0 Å². The van der Waals surface area contributed by atoms with Gasteiger partial charge in [-0.2, -0.15) is 4.31 Å². The van der Waals surface area contributed by atoms with Crippen molar-refractivity contribution in [2.24, 2.45) is 0 Å². The molecule has 0 saturated carbocycles. The van der Waals surface area contributed by atoms with Gasteiger partial charge in [-0.3, -0.25) is 9.69 Å². The molecule has 112 valence electrons. The lowest BCUT2D eigenvalue weighted by atomic mass is 10.4. The number of aromatic nitrogens is 1. The zero-order chi connectivity index (χ0) is 14.6. The number of sulfonamides is 1. The number of rotatable bonds is 4. The average Bonchev–Trinajstić information content (AvgIpc) is 2.66. The van der Waals surface area contributed by atoms with E-state index in [1.807, 2.05) is 4.90 Å². The maximum atomic E-state index is 12.5. The highest BCUT2D eigenvalue weighted by atomic mass is 32.2. The Morgan fingerprint density at radius 2 is 2.00 bits per heavy atom. The summed E-state index contributed by atoms with van der Waals surface area (Å²) >= 11 is 0. The molecule has 0 aromatic carbocycles. The number of aliphatic hydroxyl groups is 1. The van der Waals surface area contributed by atoms with E-state index in [9.17, 15) is 13.2 Å². The molecule has 0 amide bonds. The number of hydrogen-bond donors (Lipinski definition) is 2. The van der Waals surface area contributed by atoms with Crippen LogP contribution < -0.4 is 5.56 Å². The molecule has 0 unspecified atom stereocenters. The molecule has 2 rings (SSSR count). The Hall–Kier alpha value is -1.22. The van der Waals surface area contributed by atoms with Gasteiger partial charge in [-0.1, -0.05) is 0 Å². The van der Waals surface area contributed by atoms with Crippen LogP contribution in [0.2, 0.25) is 0 Å². The van der Waals surface area contributed by atoms with E-state index in [1.165, 1.54) is 22.6 Å². The summed E-state index contributed by atoms with van der Waals surface area (Å²) in [6.07, 6.45) is 1.95. The van der Waals surface area contributed by atoms with Crippen LogP contribution in [0.3, 0.4) is 0 Å². The van der Waals surface area contributed by atoms with Crippen LogP contribution in [0.25, 0.3) is 0 Å². The molecule has 2 N–H and O–H groups in total. The van der Waals surface area contributed by atoms with Gasteiger partial charge in [0.05, 0.1) is 11.5 Å². The van der Waals surface area contributed by atoms with Gasteiger partial charge in [0.15, 0.2) is 0 Å². The van der Waals surface area contributed by atoms with Crippen molar-refractivity contribution >= 4 is 10.0 Å². The third-order valence-corrected chi connectivity index (χ3v) is 5.25. The zero-order valence-electron chi connectivity index (χ0n) is 11.2. The molecule has 0 atom stereocenters. The van der Waals surface area contributed by atoms with Crippen molar-refractivity contribution in [1.29, 1.82) is 0 Å². The molecule has 2 heterocycles. The van der Waals surface area contributed by atoms with E-state index in [-0.39, 0.29) is 17.1 Å². The summed E-state index contributed by atoms with van der Waals surface area (Å²) in [5.41, 5.74) is -0.325. The van der Waals surface area contributed by atoms with Crippen LogP contribution in [0.1, 0.15) is 6.42 Å². The van der Waals surface area contributed by atoms with Crippen LogP contribution in [0, 0.1) is 0 Å². The second kappa shape index (κ2) is 6.49. The molecule has 8 heteroatoms. The SMILES string of the molecule is O=c1ccc(S(=O)(=O)N2CCCN(CCO)CC2)c[nH]1. The first-order chi connectivity index (χ1) is 9.54. The molecule has 7 nitrogen and oxygen atoms in total. The first-order valence-electron chi connectivity index (χ1n) is 6.56. The van der Waals surface area contributed by atoms with Gasteiger partial charge < -0.3 is 10.1 Å². The molecule has 1 aromatic rings. The molecule has 1 aliphatic heterocycles. The highest BCUT2D eigenvalue weighted by molar-refractivity contribution is 7.89. The molecule has 1 saturated heterocycles. The molecule has 1 aliphatic rings. The van der Waals surface area contributed by atoms with Crippen LogP contribution in [-0.2, 0) is 10.0 Å². The summed E-state index contributed by atoms with van der Waals surface area (Å²) in [4.78, 5) is 15.5. The lowest BCUT2D eigenvalue weighted by Crippen LogP contribution is -2.36. The van der Waals surface area contributed by atoms with Gasteiger partial charge in [-0.05, 0) is 19.0 Å². The van der Waals surface area contributed by atoms with Crippen molar-refractivity contribution in [3.63, 3.8) is 0 Å². The van der Waals surface area contributed by atoms with Gasteiger partial charge in [0.1, 0.15) is 0 Å². The van der Waals surface area contributed by atoms with Gasteiger partial charge in [0, 0.05) is 38.4 Å². The second-order valence-corrected chi connectivity index (χ2v) is 6.65. The number of aliphatic hydroxyl groups excluding tert-OH is 1. The van der Waals surface area contributed by atoms with Crippen molar-refractivity contribution in [1.82, 2.24) is 14.2 Å². The number of pyridine rings is 1. The predicted octanol–water partition coefficient (Wildman–Crippen LogP) is -0.936. The topological polar surface area (TPSA) is 93.7 Å². The minimum Gasteiger partial charge on any atom is -0.395 e. The largest absolute Gasteiger partial charge is 0.395 e. The summed E-state index contributed by atoms with van der Waals surface area (Å²) in [5, 5.41) is 8.93. The van der Waals surface area contributed by atoms with Crippen molar-refractivity contribution in [2.45, 2.75) is 11.3 Å². The van der Waals surface area contributed by atoms with Crippen LogP contribution in [0.4, 0.5) is 0 Å². The van der Waals surface area contributed by atoms with E-state index >= 15 is 0 Å². The Morgan fingerprint density at radius 3 is 2.65 bits per heavy atom. The van der Waals surface area contributed by atoms with E-state index in [0.717, 1.165) is 13.0 Å². The number of hydrogen-bond acceptors (Lipinski definition) is 5. The van der Waals surface area contributed by atoms with Crippen LogP contribution in [0.15, 0.2) is 28.0 Å². The second-order valence-electron chi connectivity index (χ2n) is 4.71. The Balaban J connectivity index is 2.13. The molecular formula is C12H19N3O4S. The van der Waals surface area contributed by atoms with E-state index < -0.39 is 10.0 Å². The maximum Gasteiger partial charge on any atom is 0.247 e. The van der Waals surface area contributed by atoms with Crippen molar-refractivity contribution in [3.8, 4) is 0 Å². The zero-order valence-corrected chi connectivity index (χ0v) is 12.0. The van der Waals surface area contributed by atoms with Gasteiger partial charge in [0.2, 0.25) is 15.6 Å². The van der Waals surface area contributed by atoms with E-state index in [4.69, 9.17) is 5.11 Å². The molecule has 0 aliphatic carbocycles. The molecule has 0 radical (unpaired) electrons. The Labute approximate surface area is 117 Å². The molecule has 1 aromatic heterocycles. The summed E-state index contributed by atoms with van der Waals surface area (Å²) < 4.78 is 26.3. The molecule has 0 bridgehead atoms. The Morgan fingerprint density at radius 1 is 1.20 bits per heavy atom. The van der Waals surface area contributed by atoms with Crippen LogP contribution in [-0.4, -0.2) is 67.0 Å². The number of nitrogens with zero attached hydrogens (tertiary/aromatic N) is 2. The fraction of sp³-hybridized carbons (Fsp3) is 0.583. The van der Waals surface area contributed by atoms with Gasteiger partial charge in [-0.15, -0.1) is 0 Å². The highest BCUT2D eigenvalue weighted by Gasteiger charge is 2.26. The monoisotopic (exact) mass is 301 g/mol. The molecule has 0 spiro atoms. The lowest BCUT2D eigenvalue weighted by molar-refractivity contribution is 0.202. The van der Waals surface area contributed by atoms with E-state index in [2.05, 4.69) is 4.98 Å². The first kappa shape index (κ1) is 15.2. The van der Waals surface area contributed by atoms with Crippen molar-refractivity contribution < 1.29 is 13.5 Å². The van der Waals surface area contributed by atoms with E-state index in [0.29, 0.717) is 26.2 Å². The summed E-state index contributed by atoms with van der Waals surface area (Å²) in [7, 11) is -3.57. The fourth-order valence-electron chi connectivity index (χ4n) is 2.26. The first-order valence-corrected chi connectivity index (χ1v) is 8.00. The normalized spacial score (nSPS) is 18.9. The quantitative estimate of drug-likeness (QED) is 0.749. The smallest absolute Gasteiger partial charge is 0.247 e. The minimum absolute atomic E-state index is 0.0761. The van der Waals surface area contributed by atoms with Crippen molar-refractivity contribution in [2.75, 3.05) is 39.3 Å². The van der Waals surface area contributed by atoms with Gasteiger partial charge >= 0.3 is 0 Å². The fourth-order valence-corrected chi connectivity index (χ4v) is 3.70. The molecule has 20 heavy (non-hydrogen) atoms. The summed E-state index contributed by atoms with van der Waals surface area (Å²) in [6.45, 7) is 2.85. The lowest BCUT2D eigenvalue weighted by Gasteiger charge is -2.21. The van der Waals surface area contributed by atoms with E-state index in [1.54, 1.807) is 0 Å². The standard InChI is InChI=1S/C12H19N3O4S/c16-9-8-14-4-1-5-15(7-6-14)20(18,19)11-2-3-12(17)13-10-11/h2-3,10,16H,1,4-9H2,(H,13,17). The highest BCUT2D eigenvalue weighted by Crippen LogP contribution is 2.15. The van der Waals surface area contributed by atoms with Crippen LogP contribution in [0.5, 0.6) is 0 Å². The van der Waals surface area contributed by atoms with Crippen molar-refractivity contribution in [3.05, 3.63) is 28.7 Å². The summed E-state index contributed by atoms with van der Waals surface area (Å²) in [6, 6.07) is 2.54. The number of β-amino-alcohol motifs (C(OH)–C–C–N with tert-alkyl or cyclic N) is 1. The summed E-state index contributed by atoms with van der Waals surface area (Å²) in [5.74, 6) is 0. The van der Waals surface area contributed by atoms with Crippen LogP contribution >= 0.6 is 0 Å². The third-order valence-electron chi connectivity index (χ3n) is 3.36. The third kappa shape index (κ3) is 3.45. The predicted molar refractivity (Wildman–Crippen MR) is 74.0 cm³/mol. The average molecular weight is 301 g/mol. The number of nitrogens with one attached hydrogen (secondary N) is 1. The maximum absolute atomic E-state index is 12.5. The number of H-pyrrole nitrogens is 1. The number of aromatic amines is 1. The minimum atomic E-state index is -3.57. The Bertz CT molecular complexity index is 578.